The molecule has 0 fully saturated rings. The minimum atomic E-state index is 0.102. The summed E-state index contributed by atoms with van der Waals surface area (Å²) in [6.07, 6.45) is 1.85. The second-order valence-corrected chi connectivity index (χ2v) is 3.50. The number of aryl methyl sites for hydroxylation is 2. The molecule has 2 heteroatoms. The first-order valence-corrected chi connectivity index (χ1v) is 5.82. The highest BCUT2D eigenvalue weighted by Gasteiger charge is 2.00. The van der Waals surface area contributed by atoms with Crippen LogP contribution in [-0.4, -0.2) is 4.57 Å². The highest BCUT2D eigenvalue weighted by atomic mass is 16.1. The van der Waals surface area contributed by atoms with E-state index in [0.29, 0.717) is 0 Å². The predicted molar refractivity (Wildman–Crippen MR) is 70.0 cm³/mol. The molecular formula is C14H19NO. The van der Waals surface area contributed by atoms with Crippen molar-refractivity contribution in [2.45, 2.75) is 34.2 Å². The first-order valence-electron chi connectivity index (χ1n) is 5.82. The van der Waals surface area contributed by atoms with Crippen LogP contribution in [0.2, 0.25) is 0 Å². The van der Waals surface area contributed by atoms with Crippen molar-refractivity contribution in [3.63, 3.8) is 0 Å². The molecule has 2 nitrogen and oxygen atoms in total. The largest absolute Gasteiger partial charge is 0.315 e. The molecule has 86 valence electrons. The fourth-order valence-electron chi connectivity index (χ4n) is 1.66. The summed E-state index contributed by atoms with van der Waals surface area (Å²) in [6.45, 7) is 8.73. The summed E-state index contributed by atoms with van der Waals surface area (Å²) in [4.78, 5) is 11.8. The van der Waals surface area contributed by atoms with Crippen molar-refractivity contribution in [3.8, 4) is 0 Å². The molecule has 0 saturated heterocycles. The van der Waals surface area contributed by atoms with Gasteiger partial charge in [-0.2, -0.15) is 0 Å². The van der Waals surface area contributed by atoms with Crippen molar-refractivity contribution in [1.29, 1.82) is 0 Å². The molecule has 1 aromatic carbocycles. The van der Waals surface area contributed by atoms with Gasteiger partial charge in [-0.3, -0.25) is 4.79 Å². The van der Waals surface area contributed by atoms with Crippen molar-refractivity contribution in [1.82, 2.24) is 4.57 Å². The monoisotopic (exact) mass is 217 g/mol. The molecule has 0 unspecified atom stereocenters. The third kappa shape index (κ3) is 2.32. The first kappa shape index (κ1) is 12.5. The minimum absolute atomic E-state index is 0.102. The lowest BCUT2D eigenvalue weighted by atomic mass is 10.1. The van der Waals surface area contributed by atoms with Crippen LogP contribution >= 0.6 is 0 Å². The molecule has 0 bridgehead atoms. The van der Waals surface area contributed by atoms with Crippen molar-refractivity contribution < 1.29 is 0 Å². The minimum Gasteiger partial charge on any atom is -0.315 e. The Morgan fingerprint density at radius 1 is 1.19 bits per heavy atom. The Morgan fingerprint density at radius 2 is 1.88 bits per heavy atom. The molecule has 0 aliphatic rings. The van der Waals surface area contributed by atoms with Crippen LogP contribution in [0.15, 0.2) is 35.3 Å². The van der Waals surface area contributed by atoms with Gasteiger partial charge < -0.3 is 4.57 Å². The van der Waals surface area contributed by atoms with Crippen LogP contribution < -0.4 is 5.56 Å². The van der Waals surface area contributed by atoms with Gasteiger partial charge >= 0.3 is 0 Å². The van der Waals surface area contributed by atoms with E-state index in [-0.39, 0.29) is 5.56 Å². The average molecular weight is 217 g/mol. The standard InChI is InChI=1S/C12H13NO.C2H6/c1-3-13-7-6-10-8-9(2)4-5-11(10)12(13)14;1-2/h4-8H,3H2,1-2H3;1-2H3. The lowest BCUT2D eigenvalue weighted by molar-refractivity contribution is 0.735. The van der Waals surface area contributed by atoms with Crippen molar-refractivity contribution in [2.75, 3.05) is 0 Å². The van der Waals surface area contributed by atoms with Crippen molar-refractivity contribution >= 4 is 10.8 Å². The van der Waals surface area contributed by atoms with Gasteiger partial charge in [0.05, 0.1) is 0 Å². The molecule has 2 rings (SSSR count). The van der Waals surface area contributed by atoms with Crippen LogP contribution in [0.25, 0.3) is 10.8 Å². The van der Waals surface area contributed by atoms with Crippen molar-refractivity contribution in [3.05, 3.63) is 46.4 Å². The second-order valence-electron chi connectivity index (χ2n) is 3.50. The third-order valence-electron chi connectivity index (χ3n) is 2.47. The zero-order valence-electron chi connectivity index (χ0n) is 10.4. The average Bonchev–Trinajstić information content (AvgIpc) is 2.32. The predicted octanol–water partition coefficient (Wildman–Crippen LogP) is 3.36. The Bertz CT molecular complexity index is 526. The molecule has 0 N–H and O–H groups in total. The highest BCUT2D eigenvalue weighted by Crippen LogP contribution is 2.11. The summed E-state index contributed by atoms with van der Waals surface area (Å²) < 4.78 is 1.72. The summed E-state index contributed by atoms with van der Waals surface area (Å²) in [5.41, 5.74) is 1.29. The summed E-state index contributed by atoms with van der Waals surface area (Å²) in [6, 6.07) is 7.91. The van der Waals surface area contributed by atoms with E-state index in [4.69, 9.17) is 0 Å². The molecule has 1 aromatic heterocycles. The van der Waals surface area contributed by atoms with Crippen LogP contribution in [0.3, 0.4) is 0 Å². The summed E-state index contributed by atoms with van der Waals surface area (Å²) in [7, 11) is 0. The van der Waals surface area contributed by atoms with Crippen LogP contribution in [0.5, 0.6) is 0 Å². The van der Waals surface area contributed by atoms with E-state index in [2.05, 4.69) is 0 Å². The molecular weight excluding hydrogens is 198 g/mol. The molecule has 0 saturated carbocycles. The summed E-state index contributed by atoms with van der Waals surface area (Å²) in [5.74, 6) is 0. The van der Waals surface area contributed by atoms with Gasteiger partial charge in [-0.05, 0) is 31.4 Å². The Hall–Kier alpha value is -1.57. The number of aromatic nitrogens is 1. The van der Waals surface area contributed by atoms with E-state index >= 15 is 0 Å². The van der Waals surface area contributed by atoms with Gasteiger partial charge in [-0.25, -0.2) is 0 Å². The lowest BCUT2D eigenvalue weighted by Crippen LogP contribution is -2.18. The van der Waals surface area contributed by atoms with E-state index in [1.54, 1.807) is 4.57 Å². The fraction of sp³-hybridized carbons (Fsp3) is 0.357. The number of fused-ring (bicyclic) bond motifs is 1. The smallest absolute Gasteiger partial charge is 0.258 e. The first-order chi connectivity index (χ1) is 7.72. The lowest BCUT2D eigenvalue weighted by Gasteiger charge is -2.04. The topological polar surface area (TPSA) is 22.0 Å². The number of pyridine rings is 1. The van der Waals surface area contributed by atoms with Gasteiger partial charge in [0.1, 0.15) is 0 Å². The van der Waals surface area contributed by atoms with Gasteiger partial charge in [-0.15, -0.1) is 0 Å². The molecule has 0 atom stereocenters. The molecule has 0 aliphatic heterocycles. The van der Waals surface area contributed by atoms with E-state index in [9.17, 15) is 4.79 Å². The summed E-state index contributed by atoms with van der Waals surface area (Å²) in [5, 5.41) is 1.83. The van der Waals surface area contributed by atoms with E-state index < -0.39 is 0 Å². The number of benzene rings is 1. The second kappa shape index (κ2) is 5.50. The van der Waals surface area contributed by atoms with Crippen LogP contribution in [0.4, 0.5) is 0 Å². The molecule has 16 heavy (non-hydrogen) atoms. The number of nitrogens with zero attached hydrogens (tertiary/aromatic N) is 1. The maximum Gasteiger partial charge on any atom is 0.258 e. The molecule has 0 spiro atoms. The Balaban J connectivity index is 0.000000606. The Morgan fingerprint density at radius 3 is 2.50 bits per heavy atom. The van der Waals surface area contributed by atoms with Crippen molar-refractivity contribution in [2.24, 2.45) is 0 Å². The van der Waals surface area contributed by atoms with Gasteiger partial charge in [0.15, 0.2) is 0 Å². The maximum atomic E-state index is 11.8. The SMILES string of the molecule is CC.CCn1ccc2cc(C)ccc2c1=O. The van der Waals surface area contributed by atoms with E-state index in [1.807, 2.05) is 58.2 Å². The zero-order valence-corrected chi connectivity index (χ0v) is 10.4. The van der Waals surface area contributed by atoms with Crippen LogP contribution in [-0.2, 0) is 6.54 Å². The number of hydrogen-bond donors (Lipinski definition) is 0. The van der Waals surface area contributed by atoms with Crippen LogP contribution in [0.1, 0.15) is 26.3 Å². The molecule has 1 heterocycles. The van der Waals surface area contributed by atoms with Gasteiger partial charge in [0, 0.05) is 18.1 Å². The number of rotatable bonds is 1. The Labute approximate surface area is 96.5 Å². The van der Waals surface area contributed by atoms with Gasteiger partial charge in [0.25, 0.3) is 5.56 Å². The molecule has 2 aromatic rings. The van der Waals surface area contributed by atoms with Crippen LogP contribution in [0, 0.1) is 6.92 Å². The quantitative estimate of drug-likeness (QED) is 0.718. The zero-order chi connectivity index (χ0) is 12.1. The molecule has 0 amide bonds. The normalized spacial score (nSPS) is 9.75. The van der Waals surface area contributed by atoms with E-state index in [1.165, 1.54) is 5.56 Å². The molecule has 0 aliphatic carbocycles. The third-order valence-corrected chi connectivity index (χ3v) is 2.47. The highest BCUT2D eigenvalue weighted by molar-refractivity contribution is 5.81. The summed E-state index contributed by atoms with van der Waals surface area (Å²) >= 11 is 0. The maximum absolute atomic E-state index is 11.8. The van der Waals surface area contributed by atoms with Gasteiger partial charge in [0.2, 0.25) is 0 Å². The fourth-order valence-corrected chi connectivity index (χ4v) is 1.66. The van der Waals surface area contributed by atoms with Gasteiger partial charge in [-0.1, -0.05) is 31.5 Å². The Kier molecular flexibility index (Phi) is 4.29. The molecule has 0 radical (unpaired) electrons. The number of hydrogen-bond acceptors (Lipinski definition) is 1. The van der Waals surface area contributed by atoms with E-state index in [0.717, 1.165) is 17.3 Å².